The highest BCUT2D eigenvalue weighted by Crippen LogP contribution is 2.61. The number of ether oxygens (including phenoxy) is 1. The van der Waals surface area contributed by atoms with Gasteiger partial charge in [0.15, 0.2) is 5.75 Å². The fourth-order valence-electron chi connectivity index (χ4n) is 6.56. The summed E-state index contributed by atoms with van der Waals surface area (Å²) in [5.74, 6) is -2.05. The maximum Gasteiger partial charge on any atom is 0.315 e. The number of esters is 1. The summed E-state index contributed by atoms with van der Waals surface area (Å²) in [6, 6.07) is 32.5. The predicted molar refractivity (Wildman–Crippen MR) is 138 cm³/mol. The van der Waals surface area contributed by atoms with Gasteiger partial charge in [0.05, 0.1) is 23.9 Å². The van der Waals surface area contributed by atoms with Gasteiger partial charge in [-0.1, -0.05) is 91.0 Å². The van der Waals surface area contributed by atoms with Gasteiger partial charge in [0.1, 0.15) is 0 Å². The Morgan fingerprint density at radius 3 is 1.62 bits per heavy atom. The zero-order valence-corrected chi connectivity index (χ0v) is 19.9. The quantitative estimate of drug-likeness (QED) is 0.226. The second-order valence-corrected chi connectivity index (χ2v) is 9.88. The molecule has 0 saturated carbocycles. The lowest BCUT2D eigenvalue weighted by Gasteiger charge is -2.45. The molecule has 0 spiro atoms. The van der Waals surface area contributed by atoms with Crippen molar-refractivity contribution in [2.24, 2.45) is 11.8 Å². The second-order valence-electron chi connectivity index (χ2n) is 9.88. The molecular formula is C32H23NO4. The van der Waals surface area contributed by atoms with E-state index in [0.29, 0.717) is 5.69 Å². The summed E-state index contributed by atoms with van der Waals surface area (Å²) >= 11 is 0. The first-order chi connectivity index (χ1) is 18.1. The van der Waals surface area contributed by atoms with Gasteiger partial charge >= 0.3 is 5.97 Å². The molecule has 2 bridgehead atoms. The van der Waals surface area contributed by atoms with Crippen molar-refractivity contribution in [1.29, 1.82) is 0 Å². The number of carbonyl (C=O) groups excluding carboxylic acids is 3. The third-order valence-electron chi connectivity index (χ3n) is 7.97. The topological polar surface area (TPSA) is 63.7 Å². The molecule has 5 nitrogen and oxygen atoms in total. The Morgan fingerprint density at radius 2 is 1.08 bits per heavy atom. The molecule has 8 rings (SSSR count). The van der Waals surface area contributed by atoms with Gasteiger partial charge < -0.3 is 4.74 Å². The summed E-state index contributed by atoms with van der Waals surface area (Å²) in [6.07, 6.45) is 0.0943. The number of hydrogen-bond donors (Lipinski definition) is 0. The third-order valence-corrected chi connectivity index (χ3v) is 7.97. The monoisotopic (exact) mass is 485 g/mol. The highest BCUT2D eigenvalue weighted by atomic mass is 16.5. The lowest BCUT2D eigenvalue weighted by Crippen LogP contribution is -2.41. The number of anilines is 1. The summed E-state index contributed by atoms with van der Waals surface area (Å²) in [4.78, 5) is 42.1. The van der Waals surface area contributed by atoms with Crippen LogP contribution in [0.3, 0.4) is 0 Å². The van der Waals surface area contributed by atoms with Crippen molar-refractivity contribution in [3.8, 4) is 5.75 Å². The zero-order chi connectivity index (χ0) is 25.1. The number of amides is 2. The number of hydrogen-bond acceptors (Lipinski definition) is 4. The normalized spacial score (nSPS) is 22.9. The van der Waals surface area contributed by atoms with Crippen LogP contribution in [0.4, 0.5) is 5.69 Å². The van der Waals surface area contributed by atoms with Gasteiger partial charge in [0.25, 0.3) is 0 Å². The Morgan fingerprint density at radius 1 is 0.622 bits per heavy atom. The first kappa shape index (κ1) is 21.7. The smallest absolute Gasteiger partial charge is 0.315 e. The van der Waals surface area contributed by atoms with Crippen molar-refractivity contribution in [3.63, 3.8) is 0 Å². The van der Waals surface area contributed by atoms with Gasteiger partial charge in [-0.15, -0.1) is 0 Å². The van der Waals surface area contributed by atoms with E-state index in [1.54, 1.807) is 24.3 Å². The molecule has 2 amide bonds. The molecule has 180 valence electrons. The minimum absolute atomic E-state index is 0.0943. The van der Waals surface area contributed by atoms with E-state index in [4.69, 9.17) is 4.74 Å². The molecule has 5 heteroatoms. The molecule has 1 fully saturated rings. The third kappa shape index (κ3) is 3.20. The van der Waals surface area contributed by atoms with Crippen molar-refractivity contribution >= 4 is 23.5 Å². The van der Waals surface area contributed by atoms with Crippen molar-refractivity contribution in [3.05, 3.63) is 131 Å². The molecule has 0 radical (unpaired) electrons. The molecule has 0 N–H and O–H groups in total. The van der Waals surface area contributed by atoms with Crippen LogP contribution in [0, 0.1) is 11.8 Å². The fraction of sp³-hybridized carbons (Fsp3) is 0.156. The van der Waals surface area contributed by atoms with E-state index >= 15 is 0 Å². The first-order valence-electron chi connectivity index (χ1n) is 12.5. The van der Waals surface area contributed by atoms with Gasteiger partial charge in [0, 0.05) is 11.8 Å². The van der Waals surface area contributed by atoms with Crippen molar-refractivity contribution in [2.75, 3.05) is 4.90 Å². The molecule has 0 unspecified atom stereocenters. The van der Waals surface area contributed by atoms with Gasteiger partial charge in [-0.2, -0.15) is 0 Å². The summed E-state index contributed by atoms with van der Waals surface area (Å²) in [7, 11) is 0. The molecule has 4 aromatic carbocycles. The van der Waals surface area contributed by atoms with Gasteiger partial charge in [-0.05, 0) is 39.9 Å². The lowest BCUT2D eigenvalue weighted by molar-refractivity contribution is -0.134. The Kier molecular flexibility index (Phi) is 4.86. The number of benzene rings is 4. The number of para-hydroxylation sites is 2. The van der Waals surface area contributed by atoms with Crippen molar-refractivity contribution in [1.82, 2.24) is 0 Å². The van der Waals surface area contributed by atoms with E-state index in [0.717, 1.165) is 27.8 Å². The van der Waals surface area contributed by atoms with Crippen LogP contribution in [0.2, 0.25) is 0 Å². The average Bonchev–Trinajstić information content (AvgIpc) is 3.19. The molecule has 4 aromatic rings. The molecule has 37 heavy (non-hydrogen) atoms. The van der Waals surface area contributed by atoms with Crippen LogP contribution in [-0.4, -0.2) is 17.8 Å². The molecular weight excluding hydrogens is 462 g/mol. The minimum atomic E-state index is -0.490. The predicted octanol–water partition coefficient (Wildman–Crippen LogP) is 5.23. The first-order valence-corrected chi connectivity index (χ1v) is 12.5. The van der Waals surface area contributed by atoms with Crippen LogP contribution in [0.1, 0.15) is 39.7 Å². The lowest BCUT2D eigenvalue weighted by atomic mass is 9.55. The van der Waals surface area contributed by atoms with Crippen molar-refractivity contribution in [2.45, 2.75) is 18.3 Å². The van der Waals surface area contributed by atoms with Crippen LogP contribution in [0.25, 0.3) is 0 Å². The van der Waals surface area contributed by atoms with Crippen LogP contribution >= 0.6 is 0 Å². The molecule has 1 saturated heterocycles. The van der Waals surface area contributed by atoms with Crippen molar-refractivity contribution < 1.29 is 19.1 Å². The molecule has 0 aromatic heterocycles. The Balaban J connectivity index is 1.27. The second kappa shape index (κ2) is 8.27. The number of imide groups is 1. The largest absolute Gasteiger partial charge is 0.424 e. The Bertz CT molecular complexity index is 1460. The highest BCUT2D eigenvalue weighted by Gasteiger charge is 2.62. The summed E-state index contributed by atoms with van der Waals surface area (Å²) < 4.78 is 5.72. The van der Waals surface area contributed by atoms with Gasteiger partial charge in [-0.3, -0.25) is 14.4 Å². The minimum Gasteiger partial charge on any atom is -0.424 e. The summed E-state index contributed by atoms with van der Waals surface area (Å²) in [5.41, 5.74) is 5.64. The standard InChI is InChI=1S/C32H23NO4/c34-26(18-19-10-2-1-3-11-19)37-25-17-9-8-16-24(25)33-31(35)29-27-20-12-4-5-13-21(20)28(30(29)32(33)36)23-15-7-6-14-22(23)27/h1-17,27-30H,18H2/t27?,28?,29-,30+. The van der Waals surface area contributed by atoms with E-state index < -0.39 is 17.8 Å². The maximum atomic E-state index is 14.1. The SMILES string of the molecule is O=C(Cc1ccccc1)Oc1ccccc1N1C(=O)[C@@H]2C3c4ccccc4C(c4ccccc43)[C@@H]2C1=O. The fourth-order valence-corrected chi connectivity index (χ4v) is 6.56. The molecule has 2 atom stereocenters. The van der Waals surface area contributed by atoms with E-state index in [2.05, 4.69) is 24.3 Å². The molecule has 4 aliphatic rings. The number of carbonyl (C=O) groups is 3. The highest BCUT2D eigenvalue weighted by molar-refractivity contribution is 6.24. The van der Waals surface area contributed by atoms with E-state index in [-0.39, 0.29) is 35.8 Å². The Hall–Kier alpha value is -4.51. The molecule has 3 aliphatic carbocycles. The van der Waals surface area contributed by atoms with Gasteiger partial charge in [0.2, 0.25) is 11.8 Å². The summed E-state index contributed by atoms with van der Waals surface area (Å²) in [5, 5.41) is 0. The van der Waals surface area contributed by atoms with E-state index in [1.165, 1.54) is 4.90 Å². The van der Waals surface area contributed by atoms with Crippen LogP contribution in [0.5, 0.6) is 5.75 Å². The van der Waals surface area contributed by atoms with E-state index in [1.807, 2.05) is 54.6 Å². The average molecular weight is 486 g/mol. The molecule has 1 aliphatic heterocycles. The molecule has 1 heterocycles. The van der Waals surface area contributed by atoms with Crippen LogP contribution < -0.4 is 9.64 Å². The Labute approximate surface area is 214 Å². The maximum absolute atomic E-state index is 14.1. The van der Waals surface area contributed by atoms with E-state index in [9.17, 15) is 14.4 Å². The zero-order valence-electron chi connectivity index (χ0n) is 19.9. The van der Waals surface area contributed by atoms with Gasteiger partial charge in [-0.25, -0.2) is 4.90 Å². The number of nitrogens with zero attached hydrogens (tertiary/aromatic N) is 1. The number of rotatable bonds is 4. The summed E-state index contributed by atoms with van der Waals surface area (Å²) in [6.45, 7) is 0. The van der Waals surface area contributed by atoms with Crippen LogP contribution in [-0.2, 0) is 20.8 Å². The van der Waals surface area contributed by atoms with Crippen LogP contribution in [0.15, 0.2) is 103 Å².